The molecule has 1 atom stereocenters. The molecule has 4 N–H and O–H groups in total. The maximum atomic E-state index is 12.4. The molecule has 0 spiro atoms. The third kappa shape index (κ3) is 4.89. The molecule has 0 fully saturated rings. The smallest absolute Gasteiger partial charge is 0.253 e. The molecule has 6 nitrogen and oxygen atoms in total. The summed E-state index contributed by atoms with van der Waals surface area (Å²) in [5.41, 5.74) is 7.57. The van der Waals surface area contributed by atoms with Gasteiger partial charge >= 0.3 is 0 Å². The number of amides is 2. The van der Waals surface area contributed by atoms with Gasteiger partial charge in [0.25, 0.3) is 5.91 Å². The predicted octanol–water partition coefficient (Wildman–Crippen LogP) is 2.08. The van der Waals surface area contributed by atoms with Crippen molar-refractivity contribution in [3.8, 4) is 0 Å². The Kier molecular flexibility index (Phi) is 6.45. The molecule has 1 unspecified atom stereocenters. The molecule has 0 saturated heterocycles. The van der Waals surface area contributed by atoms with Gasteiger partial charge in [-0.3, -0.25) is 14.6 Å². The fourth-order valence-corrected chi connectivity index (χ4v) is 2.24. The molecule has 2 rings (SSSR count). The van der Waals surface area contributed by atoms with E-state index in [0.29, 0.717) is 24.2 Å². The molecule has 0 aliphatic rings. The Labute approximate surface area is 141 Å². The average Bonchev–Trinajstić information content (AvgIpc) is 2.61. The minimum atomic E-state index is -0.582. The highest BCUT2D eigenvalue weighted by Gasteiger charge is 2.16. The largest absolute Gasteiger partial charge is 0.348 e. The van der Waals surface area contributed by atoms with E-state index in [1.807, 2.05) is 19.1 Å². The van der Waals surface area contributed by atoms with E-state index < -0.39 is 6.04 Å². The van der Waals surface area contributed by atoms with E-state index in [0.717, 1.165) is 12.0 Å². The Morgan fingerprint density at radius 1 is 1.21 bits per heavy atom. The number of rotatable bonds is 7. The number of nitrogens with one attached hydrogen (secondary N) is 2. The first-order valence-corrected chi connectivity index (χ1v) is 7.94. The Morgan fingerprint density at radius 2 is 2.00 bits per heavy atom. The van der Waals surface area contributed by atoms with Gasteiger partial charge in [0, 0.05) is 18.9 Å². The third-order valence-corrected chi connectivity index (χ3v) is 3.54. The number of aromatic nitrogens is 1. The molecule has 2 amide bonds. The average molecular weight is 326 g/mol. The van der Waals surface area contributed by atoms with Crippen molar-refractivity contribution in [1.82, 2.24) is 10.3 Å². The Bertz CT molecular complexity index is 688. The van der Waals surface area contributed by atoms with E-state index in [-0.39, 0.29) is 11.8 Å². The van der Waals surface area contributed by atoms with Crippen LogP contribution in [0.2, 0.25) is 0 Å². The van der Waals surface area contributed by atoms with Crippen LogP contribution in [0.25, 0.3) is 0 Å². The molecule has 1 aromatic heterocycles. The van der Waals surface area contributed by atoms with E-state index >= 15 is 0 Å². The van der Waals surface area contributed by atoms with Crippen molar-refractivity contribution < 1.29 is 9.59 Å². The summed E-state index contributed by atoms with van der Waals surface area (Å²) in [5.74, 6) is -0.553. The molecule has 0 aliphatic carbocycles. The molecular weight excluding hydrogens is 304 g/mol. The van der Waals surface area contributed by atoms with E-state index in [9.17, 15) is 9.59 Å². The van der Waals surface area contributed by atoms with Crippen LogP contribution in [-0.4, -0.2) is 22.8 Å². The van der Waals surface area contributed by atoms with E-state index in [2.05, 4.69) is 15.6 Å². The summed E-state index contributed by atoms with van der Waals surface area (Å²) < 4.78 is 0. The highest BCUT2D eigenvalue weighted by molar-refractivity contribution is 6.04. The number of nitrogens with two attached hydrogens (primary N) is 1. The van der Waals surface area contributed by atoms with Gasteiger partial charge in [0.1, 0.15) is 0 Å². The normalized spacial score (nSPS) is 11.6. The van der Waals surface area contributed by atoms with Gasteiger partial charge in [-0.15, -0.1) is 0 Å². The van der Waals surface area contributed by atoms with Crippen molar-refractivity contribution in [2.75, 3.05) is 5.32 Å². The molecule has 1 aromatic carbocycles. The Morgan fingerprint density at radius 3 is 2.71 bits per heavy atom. The van der Waals surface area contributed by atoms with Crippen molar-refractivity contribution in [3.05, 3.63) is 59.9 Å². The first-order valence-electron chi connectivity index (χ1n) is 7.94. The van der Waals surface area contributed by atoms with Gasteiger partial charge in [-0.1, -0.05) is 31.5 Å². The maximum absolute atomic E-state index is 12.4. The number of nitrogens with zero attached hydrogens (tertiary/aromatic N) is 1. The second-order valence-electron chi connectivity index (χ2n) is 5.47. The quantitative estimate of drug-likeness (QED) is 0.725. The number of anilines is 1. The second-order valence-corrected chi connectivity index (χ2v) is 5.47. The molecule has 0 bridgehead atoms. The van der Waals surface area contributed by atoms with Crippen molar-refractivity contribution in [1.29, 1.82) is 0 Å². The zero-order valence-corrected chi connectivity index (χ0v) is 13.7. The number of carbonyl (C=O) groups is 2. The lowest BCUT2D eigenvalue weighted by molar-refractivity contribution is -0.117. The van der Waals surface area contributed by atoms with E-state index in [1.54, 1.807) is 36.7 Å². The molecule has 1 heterocycles. The van der Waals surface area contributed by atoms with E-state index in [1.165, 1.54) is 0 Å². The summed E-state index contributed by atoms with van der Waals surface area (Å²) >= 11 is 0. The van der Waals surface area contributed by atoms with Crippen LogP contribution in [-0.2, 0) is 11.3 Å². The minimum absolute atomic E-state index is 0.265. The molecule has 6 heteroatoms. The van der Waals surface area contributed by atoms with Crippen LogP contribution in [0.1, 0.15) is 35.7 Å². The number of hydrogen-bond acceptors (Lipinski definition) is 4. The van der Waals surface area contributed by atoms with Crippen molar-refractivity contribution in [2.45, 2.75) is 32.4 Å². The van der Waals surface area contributed by atoms with Crippen LogP contribution in [0, 0.1) is 0 Å². The molecular formula is C18H22N4O2. The monoisotopic (exact) mass is 326 g/mol. The van der Waals surface area contributed by atoms with Gasteiger partial charge in [-0.25, -0.2) is 0 Å². The standard InChI is InChI=1S/C18H22N4O2/c1-2-6-15(19)18(24)22-16-9-4-3-8-14(16)17(23)21-12-13-7-5-10-20-11-13/h3-5,7-11,15H,2,6,12,19H2,1H3,(H,21,23)(H,22,24). The summed E-state index contributed by atoms with van der Waals surface area (Å²) in [6.07, 6.45) is 4.79. The van der Waals surface area contributed by atoms with E-state index in [4.69, 9.17) is 5.73 Å². The first-order chi connectivity index (χ1) is 11.6. The summed E-state index contributed by atoms with van der Waals surface area (Å²) in [6.45, 7) is 2.33. The highest BCUT2D eigenvalue weighted by Crippen LogP contribution is 2.15. The molecule has 0 saturated carbocycles. The maximum Gasteiger partial charge on any atom is 0.253 e. The highest BCUT2D eigenvalue weighted by atomic mass is 16.2. The van der Waals surface area contributed by atoms with Crippen LogP contribution in [0.3, 0.4) is 0 Å². The summed E-state index contributed by atoms with van der Waals surface area (Å²) in [5, 5.41) is 5.56. The summed E-state index contributed by atoms with van der Waals surface area (Å²) in [4.78, 5) is 28.5. The van der Waals surface area contributed by atoms with Crippen LogP contribution in [0.5, 0.6) is 0 Å². The zero-order valence-electron chi connectivity index (χ0n) is 13.7. The Hall–Kier alpha value is -2.73. The van der Waals surface area contributed by atoms with Crippen LogP contribution in [0.15, 0.2) is 48.8 Å². The van der Waals surface area contributed by atoms with Crippen LogP contribution < -0.4 is 16.4 Å². The second kappa shape index (κ2) is 8.79. The van der Waals surface area contributed by atoms with Crippen LogP contribution in [0.4, 0.5) is 5.69 Å². The van der Waals surface area contributed by atoms with Gasteiger partial charge in [-0.2, -0.15) is 0 Å². The lowest BCUT2D eigenvalue weighted by atomic mass is 10.1. The Balaban J connectivity index is 2.04. The topological polar surface area (TPSA) is 97.1 Å². The van der Waals surface area contributed by atoms with Crippen molar-refractivity contribution in [3.63, 3.8) is 0 Å². The third-order valence-electron chi connectivity index (χ3n) is 3.54. The molecule has 24 heavy (non-hydrogen) atoms. The lowest BCUT2D eigenvalue weighted by Gasteiger charge is -2.14. The molecule has 2 aromatic rings. The van der Waals surface area contributed by atoms with Gasteiger partial charge < -0.3 is 16.4 Å². The number of hydrogen-bond donors (Lipinski definition) is 3. The first kappa shape index (κ1) is 17.6. The number of benzene rings is 1. The lowest BCUT2D eigenvalue weighted by Crippen LogP contribution is -2.36. The number of pyridine rings is 1. The van der Waals surface area contributed by atoms with Crippen molar-refractivity contribution in [2.24, 2.45) is 5.73 Å². The van der Waals surface area contributed by atoms with Gasteiger partial charge in [0.05, 0.1) is 17.3 Å². The van der Waals surface area contributed by atoms with Crippen molar-refractivity contribution >= 4 is 17.5 Å². The predicted molar refractivity (Wildman–Crippen MR) is 93.4 cm³/mol. The van der Waals surface area contributed by atoms with Gasteiger partial charge in [0.2, 0.25) is 5.91 Å². The fourth-order valence-electron chi connectivity index (χ4n) is 2.24. The number of carbonyl (C=O) groups excluding carboxylic acids is 2. The van der Waals surface area contributed by atoms with Crippen LogP contribution >= 0.6 is 0 Å². The SMILES string of the molecule is CCCC(N)C(=O)Nc1ccccc1C(=O)NCc1cccnc1. The summed E-state index contributed by atoms with van der Waals surface area (Å²) in [6, 6.07) is 9.98. The molecule has 0 radical (unpaired) electrons. The zero-order chi connectivity index (χ0) is 17.4. The minimum Gasteiger partial charge on any atom is -0.348 e. The number of para-hydroxylation sites is 1. The van der Waals surface area contributed by atoms with Gasteiger partial charge in [-0.05, 0) is 30.2 Å². The molecule has 0 aliphatic heterocycles. The fraction of sp³-hybridized carbons (Fsp3) is 0.278. The van der Waals surface area contributed by atoms with Gasteiger partial charge in [0.15, 0.2) is 0 Å². The summed E-state index contributed by atoms with van der Waals surface area (Å²) in [7, 11) is 0. The molecule has 126 valence electrons.